The van der Waals surface area contributed by atoms with Crippen LogP contribution in [0.25, 0.3) is 11.1 Å². The summed E-state index contributed by atoms with van der Waals surface area (Å²) in [5.41, 5.74) is 3.81. The first-order valence-corrected chi connectivity index (χ1v) is 12.9. The lowest BCUT2D eigenvalue weighted by Crippen LogP contribution is -2.15. The maximum absolute atomic E-state index is 4.74. The van der Waals surface area contributed by atoms with E-state index in [0.29, 0.717) is 4.58 Å². The zero-order valence-electron chi connectivity index (χ0n) is 14.0. The lowest BCUT2D eigenvalue weighted by molar-refractivity contribution is 1.14. The summed E-state index contributed by atoms with van der Waals surface area (Å²) in [4.78, 5) is 4.74. The van der Waals surface area contributed by atoms with Crippen molar-refractivity contribution in [1.29, 1.82) is 0 Å². The quantitative estimate of drug-likeness (QED) is 0.760. The molecular weight excluding hydrogens is 294 g/mol. The average molecular weight is 322 g/mol. The fourth-order valence-corrected chi connectivity index (χ4v) is 11.6. The topological polar surface area (TPSA) is 12.9 Å². The maximum Gasteiger partial charge on any atom is 0.0610 e. The maximum atomic E-state index is 4.74. The molecule has 0 radical (unpaired) electrons. The largest absolute Gasteiger partial charge is 0.259 e. The minimum atomic E-state index is -0.700. The van der Waals surface area contributed by atoms with Gasteiger partial charge in [-0.2, -0.15) is 0 Å². The van der Waals surface area contributed by atoms with Gasteiger partial charge in [0.15, 0.2) is 0 Å². The summed E-state index contributed by atoms with van der Waals surface area (Å²) in [7, 11) is -1.40. The molecule has 2 rings (SSSR count). The van der Waals surface area contributed by atoms with E-state index < -0.39 is 20.1 Å². The van der Waals surface area contributed by atoms with E-state index in [1.807, 2.05) is 6.20 Å². The summed E-state index contributed by atoms with van der Waals surface area (Å²) in [6.45, 7) is 0. The fraction of sp³-hybridized carbons (Fsp3) is 0.389. The standard InChI is InChI=1S/C18H27NS2/c1-20(2,3)18(21(4,5)6)17-14-16(12-13-19-17)15-10-8-7-9-11-15/h7-14,18H,1-6H3. The zero-order chi connectivity index (χ0) is 15.7. The Bertz CT molecular complexity index is 581. The molecule has 0 aliphatic rings. The van der Waals surface area contributed by atoms with Gasteiger partial charge in [0.2, 0.25) is 0 Å². The third-order valence-electron chi connectivity index (χ3n) is 3.41. The molecule has 0 bridgehead atoms. The second-order valence-corrected chi connectivity index (χ2v) is 16.0. The number of benzene rings is 1. The Labute approximate surface area is 132 Å². The van der Waals surface area contributed by atoms with Gasteiger partial charge in [0.1, 0.15) is 0 Å². The molecule has 0 aliphatic carbocycles. The van der Waals surface area contributed by atoms with E-state index >= 15 is 0 Å². The van der Waals surface area contributed by atoms with Crippen molar-refractivity contribution >= 4 is 20.1 Å². The summed E-state index contributed by atoms with van der Waals surface area (Å²) in [6, 6.07) is 15.0. The highest BCUT2D eigenvalue weighted by molar-refractivity contribution is 8.47. The highest BCUT2D eigenvalue weighted by Gasteiger charge is 2.31. The molecule has 2 aromatic rings. The average Bonchev–Trinajstić information content (AvgIpc) is 2.37. The van der Waals surface area contributed by atoms with E-state index in [4.69, 9.17) is 4.98 Å². The van der Waals surface area contributed by atoms with E-state index in [-0.39, 0.29) is 0 Å². The van der Waals surface area contributed by atoms with Crippen LogP contribution in [0.2, 0.25) is 0 Å². The minimum Gasteiger partial charge on any atom is -0.259 e. The van der Waals surface area contributed by atoms with Gasteiger partial charge in [-0.05, 0) is 60.8 Å². The van der Waals surface area contributed by atoms with Crippen molar-refractivity contribution in [1.82, 2.24) is 4.98 Å². The van der Waals surface area contributed by atoms with Crippen LogP contribution < -0.4 is 0 Å². The van der Waals surface area contributed by atoms with Gasteiger partial charge in [-0.1, -0.05) is 30.3 Å². The molecule has 1 nitrogen and oxygen atoms in total. The Kier molecular flexibility index (Phi) is 4.74. The molecule has 3 heteroatoms. The highest BCUT2D eigenvalue weighted by atomic mass is 32.3. The molecule has 0 N–H and O–H groups in total. The summed E-state index contributed by atoms with van der Waals surface area (Å²) in [5.74, 6) is 0. The van der Waals surface area contributed by atoms with Gasteiger partial charge >= 0.3 is 0 Å². The summed E-state index contributed by atoms with van der Waals surface area (Å²) in [6.07, 6.45) is 16.4. The van der Waals surface area contributed by atoms with Crippen molar-refractivity contribution in [2.45, 2.75) is 4.58 Å². The Morgan fingerprint density at radius 1 is 0.762 bits per heavy atom. The van der Waals surface area contributed by atoms with Crippen LogP contribution >= 0.6 is 20.1 Å². The molecule has 1 aromatic carbocycles. The number of aromatic nitrogens is 1. The smallest absolute Gasteiger partial charge is 0.0610 e. The Morgan fingerprint density at radius 2 is 1.33 bits per heavy atom. The molecule has 0 fully saturated rings. The van der Waals surface area contributed by atoms with Gasteiger partial charge in [-0.25, -0.2) is 20.1 Å². The predicted molar refractivity (Wildman–Crippen MR) is 103 cm³/mol. The van der Waals surface area contributed by atoms with Crippen molar-refractivity contribution in [2.75, 3.05) is 37.5 Å². The Hall–Kier alpha value is -0.930. The number of hydrogen-bond acceptors (Lipinski definition) is 1. The van der Waals surface area contributed by atoms with Gasteiger partial charge in [-0.15, -0.1) is 0 Å². The molecule has 0 unspecified atom stereocenters. The second-order valence-electron chi connectivity index (χ2n) is 7.03. The summed E-state index contributed by atoms with van der Waals surface area (Å²) < 4.78 is 0.577. The first kappa shape index (κ1) is 16.4. The van der Waals surface area contributed by atoms with Gasteiger partial charge in [0.25, 0.3) is 0 Å². The first-order valence-electron chi connectivity index (χ1n) is 7.05. The van der Waals surface area contributed by atoms with Crippen molar-refractivity contribution in [3.05, 3.63) is 54.4 Å². The van der Waals surface area contributed by atoms with Gasteiger partial charge in [0.05, 0.1) is 10.3 Å². The molecule has 0 amide bonds. The first-order chi connectivity index (χ1) is 9.69. The zero-order valence-corrected chi connectivity index (χ0v) is 15.6. The normalized spacial score (nSPS) is 14.2. The molecule has 21 heavy (non-hydrogen) atoms. The van der Waals surface area contributed by atoms with Gasteiger partial charge < -0.3 is 0 Å². The van der Waals surface area contributed by atoms with E-state index in [2.05, 4.69) is 80.0 Å². The van der Waals surface area contributed by atoms with Crippen molar-refractivity contribution in [3.63, 3.8) is 0 Å². The lowest BCUT2D eigenvalue weighted by atomic mass is 10.1. The van der Waals surface area contributed by atoms with Gasteiger partial charge in [-0.3, -0.25) is 4.98 Å². The third-order valence-corrected chi connectivity index (χ3v) is 9.93. The molecule has 1 heterocycles. The molecule has 0 aliphatic heterocycles. The summed E-state index contributed by atoms with van der Waals surface area (Å²) in [5, 5.41) is 0. The third kappa shape index (κ3) is 4.04. The van der Waals surface area contributed by atoms with Crippen molar-refractivity contribution in [3.8, 4) is 11.1 Å². The van der Waals surface area contributed by atoms with Crippen molar-refractivity contribution < 1.29 is 0 Å². The van der Waals surface area contributed by atoms with Crippen LogP contribution in [-0.4, -0.2) is 42.5 Å². The summed E-state index contributed by atoms with van der Waals surface area (Å²) >= 11 is 0. The number of nitrogens with zero attached hydrogens (tertiary/aromatic N) is 1. The van der Waals surface area contributed by atoms with E-state index in [1.165, 1.54) is 16.8 Å². The highest BCUT2D eigenvalue weighted by Crippen LogP contribution is 2.68. The monoisotopic (exact) mass is 321 g/mol. The van der Waals surface area contributed by atoms with Crippen LogP contribution in [0.4, 0.5) is 0 Å². The molecule has 1 aromatic heterocycles. The van der Waals surface area contributed by atoms with E-state index in [0.717, 1.165) is 0 Å². The second kappa shape index (κ2) is 6.05. The molecule has 0 saturated carbocycles. The van der Waals surface area contributed by atoms with Gasteiger partial charge in [0, 0.05) is 6.20 Å². The SMILES string of the molecule is CS(C)(C)C(c1cc(-c2ccccc2)ccn1)S(C)(C)C. The predicted octanol–water partition coefficient (Wildman–Crippen LogP) is 5.14. The lowest BCUT2D eigenvalue weighted by Gasteiger charge is -2.47. The van der Waals surface area contributed by atoms with Crippen LogP contribution in [0.5, 0.6) is 0 Å². The van der Waals surface area contributed by atoms with E-state index in [1.54, 1.807) is 0 Å². The molecule has 0 atom stereocenters. The van der Waals surface area contributed by atoms with Crippen LogP contribution in [0.15, 0.2) is 48.7 Å². The molecular formula is C18H27NS2. The number of hydrogen-bond donors (Lipinski definition) is 0. The van der Waals surface area contributed by atoms with Crippen LogP contribution in [0.3, 0.4) is 0 Å². The van der Waals surface area contributed by atoms with E-state index in [9.17, 15) is 0 Å². The minimum absolute atomic E-state index is 0.577. The molecule has 0 spiro atoms. The Balaban J connectivity index is 2.49. The molecule has 0 saturated heterocycles. The molecule has 116 valence electrons. The van der Waals surface area contributed by atoms with Crippen LogP contribution in [0, 0.1) is 0 Å². The fourth-order valence-electron chi connectivity index (χ4n) is 2.98. The van der Waals surface area contributed by atoms with Crippen molar-refractivity contribution in [2.24, 2.45) is 0 Å². The van der Waals surface area contributed by atoms with Crippen LogP contribution in [0.1, 0.15) is 10.3 Å². The van der Waals surface area contributed by atoms with Crippen LogP contribution in [-0.2, 0) is 0 Å². The number of rotatable bonds is 4. The number of pyridine rings is 1. The Morgan fingerprint density at radius 3 is 1.86 bits per heavy atom.